The lowest BCUT2D eigenvalue weighted by atomic mass is 10.1. The van der Waals surface area contributed by atoms with Crippen molar-refractivity contribution < 1.29 is 9.53 Å². The standard InChI is InChI=1S/C13H18N2O2S/c1-4-15(8-12(14)18)13(16)10-6-5-9(2)11(7-10)17-3/h5-7H,4,8H2,1-3H3,(H2,14,18). The Labute approximate surface area is 113 Å². The highest BCUT2D eigenvalue weighted by Gasteiger charge is 2.15. The smallest absolute Gasteiger partial charge is 0.254 e. The predicted octanol–water partition coefficient (Wildman–Crippen LogP) is 1.75. The molecule has 0 aromatic heterocycles. The van der Waals surface area contributed by atoms with Crippen molar-refractivity contribution in [1.82, 2.24) is 4.90 Å². The lowest BCUT2D eigenvalue weighted by Crippen LogP contribution is -2.37. The highest BCUT2D eigenvalue weighted by molar-refractivity contribution is 7.80. The minimum Gasteiger partial charge on any atom is -0.496 e. The van der Waals surface area contributed by atoms with E-state index in [4.69, 9.17) is 22.7 Å². The molecule has 4 nitrogen and oxygen atoms in total. The molecule has 1 aromatic rings. The number of carbonyl (C=O) groups excluding carboxylic acids is 1. The van der Waals surface area contributed by atoms with E-state index in [0.717, 1.165) is 5.56 Å². The van der Waals surface area contributed by atoms with Crippen molar-refractivity contribution in [2.24, 2.45) is 5.73 Å². The number of methoxy groups -OCH3 is 1. The molecule has 0 saturated heterocycles. The first-order valence-electron chi connectivity index (χ1n) is 5.71. The SMILES string of the molecule is CCN(CC(N)=S)C(=O)c1ccc(C)c(OC)c1. The highest BCUT2D eigenvalue weighted by Crippen LogP contribution is 2.19. The zero-order chi connectivity index (χ0) is 13.7. The second-order valence-electron chi connectivity index (χ2n) is 3.97. The monoisotopic (exact) mass is 266 g/mol. The van der Waals surface area contributed by atoms with Gasteiger partial charge in [0.1, 0.15) is 5.75 Å². The van der Waals surface area contributed by atoms with Crippen LogP contribution in [0.25, 0.3) is 0 Å². The second-order valence-corrected chi connectivity index (χ2v) is 4.49. The van der Waals surface area contributed by atoms with Gasteiger partial charge in [0, 0.05) is 12.1 Å². The van der Waals surface area contributed by atoms with E-state index in [2.05, 4.69) is 0 Å². The molecule has 0 saturated carbocycles. The van der Waals surface area contributed by atoms with Gasteiger partial charge in [0.15, 0.2) is 0 Å². The Hall–Kier alpha value is -1.62. The Bertz CT molecular complexity index is 460. The molecule has 1 amide bonds. The molecule has 2 N–H and O–H groups in total. The molecule has 0 aliphatic rings. The van der Waals surface area contributed by atoms with E-state index >= 15 is 0 Å². The molecule has 0 atom stereocenters. The second kappa shape index (κ2) is 6.35. The van der Waals surface area contributed by atoms with E-state index in [1.165, 1.54) is 0 Å². The zero-order valence-corrected chi connectivity index (χ0v) is 11.7. The van der Waals surface area contributed by atoms with Gasteiger partial charge in [-0.2, -0.15) is 0 Å². The topological polar surface area (TPSA) is 55.6 Å². The molecule has 0 aliphatic carbocycles. The molecule has 0 radical (unpaired) electrons. The van der Waals surface area contributed by atoms with Crippen molar-refractivity contribution in [1.29, 1.82) is 0 Å². The number of hydrogen-bond acceptors (Lipinski definition) is 3. The Morgan fingerprint density at radius 3 is 2.67 bits per heavy atom. The molecule has 0 bridgehead atoms. The van der Waals surface area contributed by atoms with Crippen molar-refractivity contribution >= 4 is 23.1 Å². The van der Waals surface area contributed by atoms with Gasteiger partial charge in [0.05, 0.1) is 18.6 Å². The number of amides is 1. The fraction of sp³-hybridized carbons (Fsp3) is 0.385. The van der Waals surface area contributed by atoms with E-state index < -0.39 is 0 Å². The summed E-state index contributed by atoms with van der Waals surface area (Å²) in [6.07, 6.45) is 0. The third kappa shape index (κ3) is 3.43. The van der Waals surface area contributed by atoms with Gasteiger partial charge in [-0.15, -0.1) is 0 Å². The molecule has 18 heavy (non-hydrogen) atoms. The summed E-state index contributed by atoms with van der Waals surface area (Å²) in [7, 11) is 1.59. The number of hydrogen-bond donors (Lipinski definition) is 1. The molecular weight excluding hydrogens is 248 g/mol. The number of ether oxygens (including phenoxy) is 1. The van der Waals surface area contributed by atoms with Gasteiger partial charge in [0.2, 0.25) is 0 Å². The van der Waals surface area contributed by atoms with Crippen LogP contribution >= 0.6 is 12.2 Å². The normalized spacial score (nSPS) is 9.94. The van der Waals surface area contributed by atoms with E-state index in [9.17, 15) is 4.79 Å². The number of carbonyl (C=O) groups is 1. The first-order valence-corrected chi connectivity index (χ1v) is 6.12. The molecular formula is C13H18N2O2S. The molecule has 0 unspecified atom stereocenters. The lowest BCUT2D eigenvalue weighted by Gasteiger charge is -2.20. The largest absolute Gasteiger partial charge is 0.496 e. The summed E-state index contributed by atoms with van der Waals surface area (Å²) in [5, 5.41) is 0. The Kier molecular flexibility index (Phi) is 5.09. The van der Waals surface area contributed by atoms with Crippen LogP contribution in [0.2, 0.25) is 0 Å². The predicted molar refractivity (Wildman–Crippen MR) is 76.1 cm³/mol. The Morgan fingerprint density at radius 1 is 1.50 bits per heavy atom. The first-order chi connectivity index (χ1) is 8.49. The van der Waals surface area contributed by atoms with Crippen LogP contribution in [0, 0.1) is 6.92 Å². The van der Waals surface area contributed by atoms with E-state index in [1.54, 1.807) is 24.1 Å². The highest BCUT2D eigenvalue weighted by atomic mass is 32.1. The number of nitrogens with zero attached hydrogens (tertiary/aromatic N) is 1. The first kappa shape index (κ1) is 14.4. The Balaban J connectivity index is 2.98. The zero-order valence-electron chi connectivity index (χ0n) is 10.9. The van der Waals surface area contributed by atoms with Crippen molar-refractivity contribution in [2.75, 3.05) is 20.2 Å². The van der Waals surface area contributed by atoms with Gasteiger partial charge in [-0.05, 0) is 31.5 Å². The maximum atomic E-state index is 12.2. The number of rotatable bonds is 5. The lowest BCUT2D eigenvalue weighted by molar-refractivity contribution is 0.0787. The number of thiocarbonyl (C=S) groups is 1. The van der Waals surface area contributed by atoms with Crippen LogP contribution in [0.4, 0.5) is 0 Å². The molecule has 1 aromatic carbocycles. The Morgan fingerprint density at radius 2 is 2.17 bits per heavy atom. The molecule has 98 valence electrons. The number of likely N-dealkylation sites (N-methyl/N-ethyl adjacent to an activating group) is 1. The number of benzene rings is 1. The van der Waals surface area contributed by atoms with Crippen LogP contribution in [0.15, 0.2) is 18.2 Å². The summed E-state index contributed by atoms with van der Waals surface area (Å²) in [6, 6.07) is 5.38. The van der Waals surface area contributed by atoms with E-state index in [0.29, 0.717) is 29.4 Å². The van der Waals surface area contributed by atoms with Crippen LogP contribution in [-0.2, 0) is 0 Å². The maximum absolute atomic E-state index is 12.2. The van der Waals surface area contributed by atoms with Gasteiger partial charge in [-0.25, -0.2) is 0 Å². The van der Waals surface area contributed by atoms with E-state index in [-0.39, 0.29) is 5.91 Å². The summed E-state index contributed by atoms with van der Waals surface area (Å²) in [4.78, 5) is 14.2. The molecule has 5 heteroatoms. The summed E-state index contributed by atoms with van der Waals surface area (Å²) in [5.41, 5.74) is 7.05. The van der Waals surface area contributed by atoms with E-state index in [1.807, 2.05) is 19.9 Å². The molecule has 0 aliphatic heterocycles. The minimum absolute atomic E-state index is 0.0939. The van der Waals surface area contributed by atoms with Crippen molar-refractivity contribution in [3.63, 3.8) is 0 Å². The van der Waals surface area contributed by atoms with Crippen LogP contribution in [0.3, 0.4) is 0 Å². The summed E-state index contributed by atoms with van der Waals surface area (Å²) < 4.78 is 5.21. The van der Waals surface area contributed by atoms with Gasteiger partial charge < -0.3 is 15.4 Å². The van der Waals surface area contributed by atoms with Crippen molar-refractivity contribution in [3.8, 4) is 5.75 Å². The molecule has 0 spiro atoms. The fourth-order valence-electron chi connectivity index (χ4n) is 1.65. The molecule has 0 heterocycles. The number of nitrogens with two attached hydrogens (primary N) is 1. The van der Waals surface area contributed by atoms with Crippen LogP contribution < -0.4 is 10.5 Å². The van der Waals surface area contributed by atoms with Crippen LogP contribution in [0.5, 0.6) is 5.75 Å². The van der Waals surface area contributed by atoms with Gasteiger partial charge in [-0.3, -0.25) is 4.79 Å². The molecule has 0 fully saturated rings. The van der Waals surface area contributed by atoms with Crippen LogP contribution in [0.1, 0.15) is 22.8 Å². The third-order valence-electron chi connectivity index (χ3n) is 2.67. The summed E-state index contributed by atoms with van der Waals surface area (Å²) >= 11 is 4.84. The van der Waals surface area contributed by atoms with Gasteiger partial charge >= 0.3 is 0 Å². The average Bonchev–Trinajstić information content (AvgIpc) is 2.35. The maximum Gasteiger partial charge on any atom is 0.254 e. The van der Waals surface area contributed by atoms with Gasteiger partial charge in [-0.1, -0.05) is 18.3 Å². The quantitative estimate of drug-likeness (QED) is 0.825. The number of aryl methyl sites for hydroxylation is 1. The van der Waals surface area contributed by atoms with Crippen LogP contribution in [-0.4, -0.2) is 36.0 Å². The molecule has 1 rings (SSSR count). The average molecular weight is 266 g/mol. The van der Waals surface area contributed by atoms with Gasteiger partial charge in [0.25, 0.3) is 5.91 Å². The summed E-state index contributed by atoms with van der Waals surface area (Å²) in [5.74, 6) is 0.607. The van der Waals surface area contributed by atoms with Crippen molar-refractivity contribution in [3.05, 3.63) is 29.3 Å². The third-order valence-corrected chi connectivity index (χ3v) is 2.80. The summed E-state index contributed by atoms with van der Waals surface area (Å²) in [6.45, 7) is 4.68. The van der Waals surface area contributed by atoms with Crippen molar-refractivity contribution in [2.45, 2.75) is 13.8 Å². The minimum atomic E-state index is -0.0939. The fourth-order valence-corrected chi connectivity index (χ4v) is 1.81.